The summed E-state index contributed by atoms with van der Waals surface area (Å²) in [5.41, 5.74) is 1.08. The van der Waals surface area contributed by atoms with Gasteiger partial charge in [0.05, 0.1) is 11.8 Å². The molecule has 0 aliphatic heterocycles. The Labute approximate surface area is 112 Å². The molecule has 0 saturated heterocycles. The number of benzene rings is 1. The van der Waals surface area contributed by atoms with Gasteiger partial charge in [-0.3, -0.25) is 9.59 Å². The molecule has 2 rings (SSSR count). The first kappa shape index (κ1) is 13.6. The van der Waals surface area contributed by atoms with Crippen LogP contribution < -0.4 is 4.74 Å². The van der Waals surface area contributed by atoms with Gasteiger partial charge in [0.25, 0.3) is 0 Å². The molecule has 19 heavy (non-hydrogen) atoms. The van der Waals surface area contributed by atoms with E-state index in [4.69, 9.17) is 9.84 Å². The third-order valence-corrected chi connectivity index (χ3v) is 3.63. The average molecular weight is 262 g/mol. The van der Waals surface area contributed by atoms with Crippen LogP contribution in [0.2, 0.25) is 0 Å². The van der Waals surface area contributed by atoms with E-state index in [0.717, 1.165) is 18.4 Å². The molecular formula is C15H18O4. The van der Waals surface area contributed by atoms with Crippen LogP contribution >= 0.6 is 0 Å². The molecule has 0 amide bonds. The fraction of sp³-hybridized carbons (Fsp3) is 0.467. The zero-order valence-electron chi connectivity index (χ0n) is 11.0. The Bertz CT molecular complexity index is 464. The second-order valence-electron chi connectivity index (χ2n) is 5.07. The van der Waals surface area contributed by atoms with Crippen molar-refractivity contribution < 1.29 is 19.4 Å². The van der Waals surface area contributed by atoms with Gasteiger partial charge in [-0.2, -0.15) is 0 Å². The van der Waals surface area contributed by atoms with Crippen molar-refractivity contribution in [1.82, 2.24) is 0 Å². The zero-order chi connectivity index (χ0) is 13.8. The van der Waals surface area contributed by atoms with Crippen molar-refractivity contribution in [2.24, 2.45) is 11.8 Å². The van der Waals surface area contributed by atoms with Gasteiger partial charge in [-0.15, -0.1) is 0 Å². The lowest BCUT2D eigenvalue weighted by molar-refractivity contribution is -0.154. The lowest BCUT2D eigenvalue weighted by atomic mass is 9.79. The molecule has 0 spiro atoms. The third kappa shape index (κ3) is 3.34. The second kappa shape index (κ2) is 5.87. The molecule has 1 aliphatic carbocycles. The van der Waals surface area contributed by atoms with Crippen molar-refractivity contribution in [3.63, 3.8) is 0 Å². The standard InChI is InChI=1S/C15H18O4/c1-10-6-8-11(9-7-10)19-15(18)13-5-3-2-4-12(13)14(16)17/h6-9,12-13H,2-5H2,1H3,(H,16,17)/t12-,13-/m0/s1. The molecule has 0 aromatic heterocycles. The number of aryl methyl sites for hydroxylation is 1. The highest BCUT2D eigenvalue weighted by Gasteiger charge is 2.36. The predicted molar refractivity (Wildman–Crippen MR) is 69.9 cm³/mol. The first-order valence-corrected chi connectivity index (χ1v) is 6.59. The fourth-order valence-electron chi connectivity index (χ4n) is 2.51. The van der Waals surface area contributed by atoms with E-state index in [2.05, 4.69) is 0 Å². The van der Waals surface area contributed by atoms with E-state index in [1.807, 2.05) is 19.1 Å². The quantitative estimate of drug-likeness (QED) is 0.672. The summed E-state index contributed by atoms with van der Waals surface area (Å²) in [6, 6.07) is 7.17. The Morgan fingerprint density at radius 3 is 2.26 bits per heavy atom. The Balaban J connectivity index is 2.05. The maximum absolute atomic E-state index is 12.1. The molecular weight excluding hydrogens is 244 g/mol. The SMILES string of the molecule is Cc1ccc(OC(=O)[C@H]2CCCC[C@@H]2C(=O)O)cc1. The van der Waals surface area contributed by atoms with Crippen molar-refractivity contribution in [2.45, 2.75) is 32.6 Å². The summed E-state index contributed by atoms with van der Waals surface area (Å²) in [6.45, 7) is 1.95. The van der Waals surface area contributed by atoms with Crippen LogP contribution in [0.5, 0.6) is 5.75 Å². The van der Waals surface area contributed by atoms with Gasteiger partial charge >= 0.3 is 11.9 Å². The largest absolute Gasteiger partial charge is 0.481 e. The van der Waals surface area contributed by atoms with Crippen LogP contribution in [0.3, 0.4) is 0 Å². The van der Waals surface area contributed by atoms with E-state index < -0.39 is 23.8 Å². The Kier molecular flexibility index (Phi) is 4.20. The number of hydrogen-bond acceptors (Lipinski definition) is 3. The number of ether oxygens (including phenoxy) is 1. The van der Waals surface area contributed by atoms with Crippen LogP contribution in [0.25, 0.3) is 0 Å². The Morgan fingerprint density at radius 1 is 1.11 bits per heavy atom. The summed E-state index contributed by atoms with van der Waals surface area (Å²) in [5.74, 6) is -1.97. The van der Waals surface area contributed by atoms with Crippen LogP contribution in [0.4, 0.5) is 0 Å². The van der Waals surface area contributed by atoms with E-state index in [-0.39, 0.29) is 0 Å². The molecule has 1 aromatic carbocycles. The molecule has 102 valence electrons. The van der Waals surface area contributed by atoms with E-state index in [0.29, 0.717) is 18.6 Å². The van der Waals surface area contributed by atoms with Crippen LogP contribution in [-0.4, -0.2) is 17.0 Å². The van der Waals surface area contributed by atoms with E-state index in [9.17, 15) is 9.59 Å². The van der Waals surface area contributed by atoms with Gasteiger partial charge in [0, 0.05) is 0 Å². The van der Waals surface area contributed by atoms with Crippen LogP contribution in [0.1, 0.15) is 31.2 Å². The lowest BCUT2D eigenvalue weighted by Gasteiger charge is -2.26. The maximum Gasteiger partial charge on any atom is 0.315 e. The Morgan fingerprint density at radius 2 is 1.68 bits per heavy atom. The number of aliphatic carboxylic acids is 1. The summed E-state index contributed by atoms with van der Waals surface area (Å²) < 4.78 is 5.29. The summed E-state index contributed by atoms with van der Waals surface area (Å²) in [6.07, 6.45) is 2.91. The first-order valence-electron chi connectivity index (χ1n) is 6.59. The topological polar surface area (TPSA) is 63.6 Å². The smallest absolute Gasteiger partial charge is 0.315 e. The van der Waals surface area contributed by atoms with E-state index >= 15 is 0 Å². The third-order valence-electron chi connectivity index (χ3n) is 3.63. The summed E-state index contributed by atoms with van der Waals surface area (Å²) in [5, 5.41) is 9.15. The van der Waals surface area contributed by atoms with Crippen molar-refractivity contribution in [3.8, 4) is 5.75 Å². The minimum atomic E-state index is -0.898. The summed E-state index contributed by atoms with van der Waals surface area (Å²) >= 11 is 0. The maximum atomic E-state index is 12.1. The van der Waals surface area contributed by atoms with E-state index in [1.54, 1.807) is 12.1 Å². The molecule has 0 heterocycles. The second-order valence-corrected chi connectivity index (χ2v) is 5.07. The number of carbonyl (C=O) groups excluding carboxylic acids is 1. The lowest BCUT2D eigenvalue weighted by Crippen LogP contribution is -2.35. The highest BCUT2D eigenvalue weighted by Crippen LogP contribution is 2.31. The van der Waals surface area contributed by atoms with Gasteiger partial charge in [-0.05, 0) is 31.9 Å². The number of hydrogen-bond donors (Lipinski definition) is 1. The van der Waals surface area contributed by atoms with Crippen LogP contribution in [0, 0.1) is 18.8 Å². The fourth-order valence-corrected chi connectivity index (χ4v) is 2.51. The number of rotatable bonds is 3. The molecule has 1 aliphatic rings. The van der Waals surface area contributed by atoms with Gasteiger partial charge in [0.1, 0.15) is 5.75 Å². The molecule has 4 heteroatoms. The van der Waals surface area contributed by atoms with Gasteiger partial charge in [0.15, 0.2) is 0 Å². The Hall–Kier alpha value is -1.84. The number of carboxylic acids is 1. The van der Waals surface area contributed by atoms with Crippen LogP contribution in [-0.2, 0) is 9.59 Å². The highest BCUT2D eigenvalue weighted by atomic mass is 16.5. The number of carboxylic acid groups (broad SMARTS) is 1. The first-order chi connectivity index (χ1) is 9.08. The molecule has 0 bridgehead atoms. The van der Waals surface area contributed by atoms with Crippen molar-refractivity contribution in [1.29, 1.82) is 0 Å². The van der Waals surface area contributed by atoms with Gasteiger partial charge in [-0.1, -0.05) is 30.5 Å². The summed E-state index contributed by atoms with van der Waals surface area (Å²) in [4.78, 5) is 23.2. The molecule has 1 saturated carbocycles. The predicted octanol–water partition coefficient (Wildman–Crippen LogP) is 2.79. The average Bonchev–Trinajstić information content (AvgIpc) is 2.41. The minimum absolute atomic E-state index is 0.420. The highest BCUT2D eigenvalue weighted by molar-refractivity contribution is 5.82. The minimum Gasteiger partial charge on any atom is -0.481 e. The molecule has 1 aromatic rings. The molecule has 0 radical (unpaired) electrons. The van der Waals surface area contributed by atoms with Gasteiger partial charge < -0.3 is 9.84 Å². The van der Waals surface area contributed by atoms with Gasteiger partial charge in [-0.25, -0.2) is 0 Å². The number of esters is 1. The van der Waals surface area contributed by atoms with Crippen molar-refractivity contribution >= 4 is 11.9 Å². The number of carbonyl (C=O) groups is 2. The molecule has 0 unspecified atom stereocenters. The summed E-state index contributed by atoms with van der Waals surface area (Å²) in [7, 11) is 0. The van der Waals surface area contributed by atoms with E-state index in [1.165, 1.54) is 0 Å². The van der Waals surface area contributed by atoms with Crippen molar-refractivity contribution in [3.05, 3.63) is 29.8 Å². The monoisotopic (exact) mass is 262 g/mol. The zero-order valence-corrected chi connectivity index (χ0v) is 11.0. The molecule has 1 fully saturated rings. The molecule has 4 nitrogen and oxygen atoms in total. The molecule has 1 N–H and O–H groups in total. The molecule has 2 atom stereocenters. The normalized spacial score (nSPS) is 22.8. The van der Waals surface area contributed by atoms with Gasteiger partial charge in [0.2, 0.25) is 0 Å². The van der Waals surface area contributed by atoms with Crippen LogP contribution in [0.15, 0.2) is 24.3 Å². The van der Waals surface area contributed by atoms with Crippen molar-refractivity contribution in [2.75, 3.05) is 0 Å².